The molecule has 3 heterocycles. The molecule has 3 atom stereocenters. The molecule has 0 amide bonds. The number of nitrogens with one attached hydrogen (secondary N) is 1. The number of aromatic amines is 1. The fourth-order valence-electron chi connectivity index (χ4n) is 3.41. The maximum Gasteiger partial charge on any atom is 0.261 e. The number of β-amino-alcohol motifs (C(OH)–C–C–N with tert-alkyl or cyclic N) is 1. The number of rotatable bonds is 4. The molecular weight excluding hydrogens is 282 g/mol. The van der Waals surface area contributed by atoms with Crippen molar-refractivity contribution in [2.45, 2.75) is 51.3 Å². The molecule has 3 rings (SSSR count). The molecule has 2 unspecified atom stereocenters. The Hall–Kier alpha value is -1.73. The summed E-state index contributed by atoms with van der Waals surface area (Å²) < 4.78 is 1.85. The summed E-state index contributed by atoms with van der Waals surface area (Å²) in [6.45, 7) is 7.67. The molecule has 1 fully saturated rings. The molecule has 0 spiro atoms. The average molecular weight is 305 g/mol. The van der Waals surface area contributed by atoms with Crippen LogP contribution in [-0.2, 0) is 0 Å². The maximum atomic E-state index is 11.8. The summed E-state index contributed by atoms with van der Waals surface area (Å²) in [7, 11) is 0. The van der Waals surface area contributed by atoms with Gasteiger partial charge in [-0.2, -0.15) is 5.10 Å². The molecule has 1 saturated heterocycles. The highest BCUT2D eigenvalue weighted by atomic mass is 16.3. The Morgan fingerprint density at radius 3 is 2.95 bits per heavy atom. The van der Waals surface area contributed by atoms with E-state index in [9.17, 15) is 9.90 Å². The molecule has 0 saturated carbocycles. The van der Waals surface area contributed by atoms with Crippen molar-refractivity contribution in [3.63, 3.8) is 0 Å². The van der Waals surface area contributed by atoms with E-state index in [-0.39, 0.29) is 17.6 Å². The zero-order valence-electron chi connectivity index (χ0n) is 13.3. The first-order chi connectivity index (χ1) is 10.4. The van der Waals surface area contributed by atoms with Crippen LogP contribution in [0.2, 0.25) is 0 Å². The Morgan fingerprint density at radius 2 is 2.32 bits per heavy atom. The Morgan fingerprint density at radius 1 is 1.55 bits per heavy atom. The SMILES string of the molecule is CCC([C@H](C)N1CCC(C)(O)C1)n1ncc2c(=O)[nH]cnc21. The highest BCUT2D eigenvalue weighted by Gasteiger charge is 2.36. The number of likely N-dealkylation sites (tertiary alicyclic amines) is 1. The molecule has 120 valence electrons. The second kappa shape index (κ2) is 5.48. The molecule has 7 heteroatoms. The summed E-state index contributed by atoms with van der Waals surface area (Å²) in [6.07, 6.45) is 4.66. The molecule has 1 aliphatic heterocycles. The van der Waals surface area contributed by atoms with Gasteiger partial charge < -0.3 is 10.1 Å². The lowest BCUT2D eigenvalue weighted by atomic mass is 10.1. The van der Waals surface area contributed by atoms with E-state index < -0.39 is 5.60 Å². The quantitative estimate of drug-likeness (QED) is 0.877. The van der Waals surface area contributed by atoms with Crippen LogP contribution in [0.3, 0.4) is 0 Å². The zero-order chi connectivity index (χ0) is 15.9. The van der Waals surface area contributed by atoms with Crippen molar-refractivity contribution in [2.75, 3.05) is 13.1 Å². The van der Waals surface area contributed by atoms with Gasteiger partial charge in [0.1, 0.15) is 5.39 Å². The number of aliphatic hydroxyl groups is 1. The molecule has 0 bridgehead atoms. The summed E-state index contributed by atoms with van der Waals surface area (Å²) in [4.78, 5) is 21.0. The molecule has 7 nitrogen and oxygen atoms in total. The summed E-state index contributed by atoms with van der Waals surface area (Å²) in [5, 5.41) is 15.1. The first-order valence-corrected chi connectivity index (χ1v) is 7.80. The van der Waals surface area contributed by atoms with Crippen LogP contribution in [0.5, 0.6) is 0 Å². The van der Waals surface area contributed by atoms with E-state index in [0.29, 0.717) is 17.6 Å². The lowest BCUT2D eigenvalue weighted by Gasteiger charge is -2.32. The van der Waals surface area contributed by atoms with E-state index in [1.54, 1.807) is 6.20 Å². The normalized spacial score (nSPS) is 25.6. The van der Waals surface area contributed by atoms with Gasteiger partial charge in [0.25, 0.3) is 5.56 Å². The van der Waals surface area contributed by atoms with Gasteiger partial charge in [0.15, 0.2) is 5.65 Å². The minimum atomic E-state index is -0.617. The molecule has 2 aromatic rings. The summed E-state index contributed by atoms with van der Waals surface area (Å²) >= 11 is 0. The number of H-pyrrole nitrogens is 1. The minimum Gasteiger partial charge on any atom is -0.389 e. The van der Waals surface area contributed by atoms with Gasteiger partial charge in [-0.15, -0.1) is 0 Å². The zero-order valence-corrected chi connectivity index (χ0v) is 13.3. The number of fused-ring (bicyclic) bond motifs is 1. The third kappa shape index (κ3) is 2.55. The van der Waals surface area contributed by atoms with Gasteiger partial charge in [0, 0.05) is 19.1 Å². The summed E-state index contributed by atoms with van der Waals surface area (Å²) in [5.74, 6) is 0. The lowest BCUT2D eigenvalue weighted by molar-refractivity contribution is 0.0575. The van der Waals surface area contributed by atoms with Gasteiger partial charge >= 0.3 is 0 Å². The van der Waals surface area contributed by atoms with Crippen LogP contribution in [0.25, 0.3) is 11.0 Å². The Bertz CT molecular complexity index is 720. The first kappa shape index (κ1) is 15.2. The van der Waals surface area contributed by atoms with Crippen LogP contribution in [0.4, 0.5) is 0 Å². The van der Waals surface area contributed by atoms with E-state index in [2.05, 4.69) is 33.8 Å². The van der Waals surface area contributed by atoms with E-state index >= 15 is 0 Å². The number of aromatic nitrogens is 4. The highest BCUT2D eigenvalue weighted by molar-refractivity contribution is 5.72. The molecular formula is C15H23N5O2. The van der Waals surface area contributed by atoms with Crippen molar-refractivity contribution in [3.8, 4) is 0 Å². The van der Waals surface area contributed by atoms with Gasteiger partial charge in [-0.25, -0.2) is 9.67 Å². The third-order valence-electron chi connectivity index (χ3n) is 4.74. The average Bonchev–Trinajstić information content (AvgIpc) is 3.05. The van der Waals surface area contributed by atoms with Gasteiger partial charge in [-0.1, -0.05) is 6.92 Å². The van der Waals surface area contributed by atoms with Gasteiger partial charge in [0.05, 0.1) is 24.2 Å². The van der Waals surface area contributed by atoms with Crippen LogP contribution in [0.15, 0.2) is 17.3 Å². The third-order valence-corrected chi connectivity index (χ3v) is 4.74. The predicted octanol–water partition coefficient (Wildman–Crippen LogP) is 0.916. The van der Waals surface area contributed by atoms with Gasteiger partial charge in [-0.05, 0) is 26.7 Å². The van der Waals surface area contributed by atoms with Gasteiger partial charge in [-0.3, -0.25) is 9.69 Å². The van der Waals surface area contributed by atoms with Crippen LogP contribution < -0.4 is 5.56 Å². The molecule has 1 aliphatic rings. The topological polar surface area (TPSA) is 87.0 Å². The molecule has 0 aliphatic carbocycles. The van der Waals surface area contributed by atoms with Crippen molar-refractivity contribution >= 4 is 11.0 Å². The molecule has 22 heavy (non-hydrogen) atoms. The van der Waals surface area contributed by atoms with Crippen LogP contribution >= 0.6 is 0 Å². The first-order valence-electron chi connectivity index (χ1n) is 7.80. The van der Waals surface area contributed by atoms with E-state index in [0.717, 1.165) is 19.4 Å². The minimum absolute atomic E-state index is 0.112. The highest BCUT2D eigenvalue weighted by Crippen LogP contribution is 2.29. The maximum absolute atomic E-state index is 11.8. The van der Waals surface area contributed by atoms with Crippen LogP contribution in [0, 0.1) is 0 Å². The molecule has 2 N–H and O–H groups in total. The van der Waals surface area contributed by atoms with Crippen molar-refractivity contribution in [3.05, 3.63) is 22.9 Å². The number of nitrogens with zero attached hydrogens (tertiary/aromatic N) is 4. The lowest BCUT2D eigenvalue weighted by Crippen LogP contribution is -2.40. The second-order valence-electron chi connectivity index (χ2n) is 6.49. The fourth-order valence-corrected chi connectivity index (χ4v) is 3.41. The molecule has 2 aromatic heterocycles. The Labute approximate surface area is 129 Å². The predicted molar refractivity (Wildman–Crippen MR) is 83.8 cm³/mol. The fraction of sp³-hybridized carbons (Fsp3) is 0.667. The monoisotopic (exact) mass is 305 g/mol. The largest absolute Gasteiger partial charge is 0.389 e. The van der Waals surface area contributed by atoms with Crippen molar-refractivity contribution in [1.82, 2.24) is 24.6 Å². The van der Waals surface area contributed by atoms with Crippen molar-refractivity contribution < 1.29 is 5.11 Å². The number of hydrogen-bond acceptors (Lipinski definition) is 5. The summed E-state index contributed by atoms with van der Waals surface area (Å²) in [5.41, 5.74) is -0.162. The summed E-state index contributed by atoms with van der Waals surface area (Å²) in [6, 6.07) is 0.323. The van der Waals surface area contributed by atoms with Crippen LogP contribution in [0.1, 0.15) is 39.7 Å². The molecule has 0 aromatic carbocycles. The smallest absolute Gasteiger partial charge is 0.261 e. The Balaban J connectivity index is 1.93. The Kier molecular flexibility index (Phi) is 3.78. The van der Waals surface area contributed by atoms with Crippen molar-refractivity contribution in [2.24, 2.45) is 0 Å². The van der Waals surface area contributed by atoms with E-state index in [4.69, 9.17) is 0 Å². The number of hydrogen-bond donors (Lipinski definition) is 2. The van der Waals surface area contributed by atoms with Crippen molar-refractivity contribution in [1.29, 1.82) is 0 Å². The van der Waals surface area contributed by atoms with E-state index in [1.165, 1.54) is 6.33 Å². The molecule has 0 radical (unpaired) electrons. The van der Waals surface area contributed by atoms with Crippen LogP contribution in [-0.4, -0.2) is 54.5 Å². The standard InChI is InChI=1S/C15H23N5O2/c1-4-12(10(2)19-6-5-15(3,22)8-19)20-13-11(7-18-20)14(21)17-9-16-13/h7,9-10,12,22H,4-6,8H2,1-3H3,(H,16,17,21)/t10-,12?,15?/m0/s1. The van der Waals surface area contributed by atoms with Gasteiger partial charge in [0.2, 0.25) is 0 Å². The van der Waals surface area contributed by atoms with E-state index in [1.807, 2.05) is 11.6 Å². The second-order valence-corrected chi connectivity index (χ2v) is 6.49.